The number of amides is 1. The van der Waals surface area contributed by atoms with Crippen LogP contribution in [0.4, 0.5) is 5.69 Å². The summed E-state index contributed by atoms with van der Waals surface area (Å²) in [5.41, 5.74) is 1.37. The van der Waals surface area contributed by atoms with E-state index in [-0.39, 0.29) is 17.8 Å². The molecule has 0 radical (unpaired) electrons. The van der Waals surface area contributed by atoms with Crippen molar-refractivity contribution in [3.63, 3.8) is 0 Å². The number of hydrogen-bond acceptors (Lipinski definition) is 6. The van der Waals surface area contributed by atoms with Crippen LogP contribution in [0.15, 0.2) is 42.6 Å². The topological polar surface area (TPSA) is 75.1 Å². The van der Waals surface area contributed by atoms with Crippen LogP contribution in [0.3, 0.4) is 0 Å². The van der Waals surface area contributed by atoms with Gasteiger partial charge in [0.05, 0.1) is 24.5 Å². The van der Waals surface area contributed by atoms with E-state index in [1.54, 1.807) is 30.5 Å². The summed E-state index contributed by atoms with van der Waals surface area (Å²) < 4.78 is 11.0. The van der Waals surface area contributed by atoms with Gasteiger partial charge in [0.15, 0.2) is 0 Å². The third-order valence-electron chi connectivity index (χ3n) is 4.95. The highest BCUT2D eigenvalue weighted by Crippen LogP contribution is 2.27. The lowest BCUT2D eigenvalue weighted by molar-refractivity contribution is 0.0746. The molecule has 2 aliphatic heterocycles. The second-order valence-electron chi connectivity index (χ2n) is 6.76. The number of aromatic hydroxyl groups is 1. The lowest BCUT2D eigenvalue weighted by Gasteiger charge is -2.36. The number of hydrogen-bond donors (Lipinski definition) is 1. The van der Waals surface area contributed by atoms with Gasteiger partial charge in [-0.15, -0.1) is 0 Å². The molecule has 4 rings (SSSR count). The Morgan fingerprint density at radius 1 is 1.15 bits per heavy atom. The lowest BCUT2D eigenvalue weighted by Crippen LogP contribution is -2.48. The van der Waals surface area contributed by atoms with Crippen molar-refractivity contribution in [2.75, 3.05) is 44.3 Å². The number of aromatic nitrogens is 1. The largest absolute Gasteiger partial charge is 0.506 e. The molecule has 1 N–H and O–H groups in total. The first kappa shape index (κ1) is 17.6. The number of nitrogens with zero attached hydrogens (tertiary/aromatic N) is 3. The zero-order valence-electron chi connectivity index (χ0n) is 15.1. The Morgan fingerprint density at radius 3 is 2.63 bits per heavy atom. The zero-order valence-corrected chi connectivity index (χ0v) is 15.1. The molecule has 3 heterocycles. The summed E-state index contributed by atoms with van der Waals surface area (Å²) in [5, 5.41) is 9.99. The van der Waals surface area contributed by atoms with Crippen LogP contribution in [0.1, 0.15) is 16.8 Å². The summed E-state index contributed by atoms with van der Waals surface area (Å²) in [6.45, 7) is 3.87. The molecule has 142 valence electrons. The molecule has 27 heavy (non-hydrogen) atoms. The number of piperazine rings is 1. The molecule has 1 aromatic heterocycles. The minimum absolute atomic E-state index is 0.0322. The van der Waals surface area contributed by atoms with Crippen LogP contribution in [0, 0.1) is 0 Å². The van der Waals surface area contributed by atoms with Gasteiger partial charge < -0.3 is 24.4 Å². The summed E-state index contributed by atoms with van der Waals surface area (Å²) in [6, 6.07) is 10.8. The predicted molar refractivity (Wildman–Crippen MR) is 100 cm³/mol. The second-order valence-corrected chi connectivity index (χ2v) is 6.76. The van der Waals surface area contributed by atoms with E-state index in [4.69, 9.17) is 9.47 Å². The number of carbonyl (C=O) groups excluding carboxylic acids is 1. The van der Waals surface area contributed by atoms with E-state index in [9.17, 15) is 9.90 Å². The molecule has 7 nitrogen and oxygen atoms in total. The quantitative estimate of drug-likeness (QED) is 0.888. The summed E-state index contributed by atoms with van der Waals surface area (Å²) in [5.74, 6) is 0.756. The van der Waals surface area contributed by atoms with Crippen LogP contribution in [0.5, 0.6) is 11.6 Å². The molecule has 2 aromatic rings. The summed E-state index contributed by atoms with van der Waals surface area (Å²) in [4.78, 5) is 20.9. The molecule has 7 heteroatoms. The van der Waals surface area contributed by atoms with Crippen molar-refractivity contribution in [1.82, 2.24) is 9.88 Å². The molecule has 1 amide bonds. The average Bonchev–Trinajstić information content (AvgIpc) is 3.22. The van der Waals surface area contributed by atoms with E-state index in [0.717, 1.165) is 12.1 Å². The van der Waals surface area contributed by atoms with Crippen LogP contribution < -0.4 is 9.64 Å². The van der Waals surface area contributed by atoms with Gasteiger partial charge in [-0.1, -0.05) is 12.1 Å². The maximum atomic E-state index is 12.7. The number of pyridine rings is 1. The van der Waals surface area contributed by atoms with Gasteiger partial charge in [0.25, 0.3) is 5.91 Å². The zero-order chi connectivity index (χ0) is 18.6. The molecule has 2 fully saturated rings. The molecule has 1 atom stereocenters. The highest BCUT2D eigenvalue weighted by Gasteiger charge is 2.24. The molecule has 1 unspecified atom stereocenters. The average molecular weight is 369 g/mol. The normalized spacial score (nSPS) is 19.9. The highest BCUT2D eigenvalue weighted by atomic mass is 16.5. The minimum atomic E-state index is -0.0322. The van der Waals surface area contributed by atoms with E-state index in [1.165, 1.54) is 0 Å². The Labute approximate surface area is 158 Å². The number of carbonyl (C=O) groups is 1. The lowest BCUT2D eigenvalue weighted by atomic mass is 10.2. The van der Waals surface area contributed by atoms with Crippen molar-refractivity contribution in [3.8, 4) is 11.6 Å². The van der Waals surface area contributed by atoms with Crippen molar-refractivity contribution >= 4 is 11.6 Å². The van der Waals surface area contributed by atoms with Gasteiger partial charge in [-0.3, -0.25) is 4.79 Å². The third-order valence-corrected chi connectivity index (χ3v) is 4.95. The van der Waals surface area contributed by atoms with Crippen LogP contribution in [-0.2, 0) is 4.74 Å². The van der Waals surface area contributed by atoms with Gasteiger partial charge in [0, 0.05) is 44.9 Å². The maximum Gasteiger partial charge on any atom is 0.255 e. The number of benzene rings is 1. The van der Waals surface area contributed by atoms with Gasteiger partial charge in [0.2, 0.25) is 5.88 Å². The molecular weight excluding hydrogens is 346 g/mol. The fourth-order valence-corrected chi connectivity index (χ4v) is 3.42. The number of para-hydroxylation sites is 2. The van der Waals surface area contributed by atoms with Crippen LogP contribution in [0.2, 0.25) is 0 Å². The van der Waals surface area contributed by atoms with Gasteiger partial charge in [0.1, 0.15) is 11.9 Å². The highest BCUT2D eigenvalue weighted by molar-refractivity contribution is 5.94. The van der Waals surface area contributed by atoms with Gasteiger partial charge in [-0.25, -0.2) is 4.98 Å². The van der Waals surface area contributed by atoms with Crippen molar-refractivity contribution < 1.29 is 19.4 Å². The number of ether oxygens (including phenoxy) is 2. The SMILES string of the molecule is O=C(c1ccc(OC2CCOC2)nc1)N1CCN(c2ccccc2O)CC1. The Balaban J connectivity index is 1.34. The predicted octanol–water partition coefficient (Wildman–Crippen LogP) is 1.92. The first-order valence-electron chi connectivity index (χ1n) is 9.23. The molecular formula is C20H23N3O4. The van der Waals surface area contributed by atoms with Gasteiger partial charge in [-0.05, 0) is 18.2 Å². The van der Waals surface area contributed by atoms with Gasteiger partial charge in [-0.2, -0.15) is 0 Å². The van der Waals surface area contributed by atoms with Crippen molar-refractivity contribution in [3.05, 3.63) is 48.2 Å². The molecule has 0 bridgehead atoms. The third kappa shape index (κ3) is 3.98. The van der Waals surface area contributed by atoms with Crippen molar-refractivity contribution in [2.45, 2.75) is 12.5 Å². The molecule has 0 saturated carbocycles. The van der Waals surface area contributed by atoms with Gasteiger partial charge >= 0.3 is 0 Å². The monoisotopic (exact) mass is 369 g/mol. The first-order valence-corrected chi connectivity index (χ1v) is 9.23. The van der Waals surface area contributed by atoms with Crippen LogP contribution in [0.25, 0.3) is 0 Å². The molecule has 0 spiro atoms. The maximum absolute atomic E-state index is 12.7. The Kier molecular flexibility index (Phi) is 5.11. The molecule has 0 aliphatic carbocycles. The summed E-state index contributed by atoms with van der Waals surface area (Å²) in [7, 11) is 0. The van der Waals surface area contributed by atoms with E-state index >= 15 is 0 Å². The number of phenolic OH excluding ortho intramolecular Hbond substituents is 1. The van der Waals surface area contributed by atoms with E-state index in [2.05, 4.69) is 9.88 Å². The molecule has 1 aromatic carbocycles. The van der Waals surface area contributed by atoms with Crippen LogP contribution in [-0.4, -0.2) is 66.4 Å². The Morgan fingerprint density at radius 2 is 1.96 bits per heavy atom. The first-order chi connectivity index (χ1) is 13.2. The number of anilines is 1. The van der Waals surface area contributed by atoms with Crippen molar-refractivity contribution in [1.29, 1.82) is 0 Å². The smallest absolute Gasteiger partial charge is 0.255 e. The standard InChI is InChI=1S/C20H23N3O4/c24-18-4-2-1-3-17(18)22-8-10-23(11-9-22)20(25)15-5-6-19(21-13-15)27-16-7-12-26-14-16/h1-6,13,16,24H,7-12,14H2. The van der Waals surface area contributed by atoms with Crippen molar-refractivity contribution in [2.24, 2.45) is 0 Å². The second kappa shape index (κ2) is 7.84. The summed E-state index contributed by atoms with van der Waals surface area (Å²) >= 11 is 0. The summed E-state index contributed by atoms with van der Waals surface area (Å²) in [6.07, 6.45) is 2.48. The number of rotatable bonds is 4. The Bertz CT molecular complexity index is 782. The van der Waals surface area contributed by atoms with E-state index < -0.39 is 0 Å². The van der Waals surface area contributed by atoms with E-state index in [0.29, 0.717) is 50.8 Å². The minimum Gasteiger partial charge on any atom is -0.506 e. The fraction of sp³-hybridized carbons (Fsp3) is 0.400. The number of phenols is 1. The van der Waals surface area contributed by atoms with E-state index in [1.807, 2.05) is 17.0 Å². The van der Waals surface area contributed by atoms with Crippen LogP contribution >= 0.6 is 0 Å². The Hall–Kier alpha value is -2.80. The fourth-order valence-electron chi connectivity index (χ4n) is 3.42. The molecule has 2 saturated heterocycles. The molecule has 2 aliphatic rings.